The van der Waals surface area contributed by atoms with Crippen molar-refractivity contribution in [1.82, 2.24) is 5.32 Å². The van der Waals surface area contributed by atoms with Crippen LogP contribution in [0.5, 0.6) is 0 Å². The van der Waals surface area contributed by atoms with Crippen LogP contribution < -0.4 is 5.32 Å². The summed E-state index contributed by atoms with van der Waals surface area (Å²) < 4.78 is 18.9. The van der Waals surface area contributed by atoms with Crippen LogP contribution in [0.2, 0.25) is 0 Å². The maximum atomic E-state index is 12.4. The molecule has 3 rings (SSSR count). The molecule has 134 valence electrons. The summed E-state index contributed by atoms with van der Waals surface area (Å²) in [5.74, 6) is 0.737. The van der Waals surface area contributed by atoms with Gasteiger partial charge >= 0.3 is 0 Å². The van der Waals surface area contributed by atoms with Gasteiger partial charge < -0.3 is 9.73 Å². The molecule has 0 fully saturated rings. The van der Waals surface area contributed by atoms with Gasteiger partial charge in [-0.1, -0.05) is 46.3 Å². The minimum Gasteiger partial charge on any atom is -0.455 e. The topological polar surface area (TPSA) is 59.3 Å². The van der Waals surface area contributed by atoms with Crippen LogP contribution >= 0.6 is 15.9 Å². The molecule has 1 heterocycles. The molecule has 3 aromatic rings. The molecule has 0 aliphatic rings. The molecule has 0 aliphatic heterocycles. The summed E-state index contributed by atoms with van der Waals surface area (Å²) in [5, 5.41) is 2.84. The molecule has 0 saturated carbocycles. The Morgan fingerprint density at radius 1 is 1.00 bits per heavy atom. The quantitative estimate of drug-likeness (QED) is 0.605. The summed E-state index contributed by atoms with van der Waals surface area (Å²) in [6, 6.07) is 20.6. The number of benzene rings is 2. The molecule has 6 heteroatoms. The number of carbonyl (C=O) groups is 1. The Balaban J connectivity index is 1.52. The summed E-state index contributed by atoms with van der Waals surface area (Å²) in [5.41, 5.74) is 1.16. The molecule has 1 amide bonds. The van der Waals surface area contributed by atoms with Gasteiger partial charge in [-0.25, -0.2) is 0 Å². The number of rotatable bonds is 7. The Hall–Kier alpha value is -2.18. The molecule has 1 N–H and O–H groups in total. The summed E-state index contributed by atoms with van der Waals surface area (Å²) >= 11 is 3.35. The predicted molar refractivity (Wildman–Crippen MR) is 105 cm³/mol. The zero-order valence-electron chi connectivity index (χ0n) is 14.0. The summed E-state index contributed by atoms with van der Waals surface area (Å²) in [4.78, 5) is 12.9. The molecule has 1 aromatic heterocycles. The van der Waals surface area contributed by atoms with E-state index in [1.807, 2.05) is 42.5 Å². The van der Waals surface area contributed by atoms with E-state index in [0.717, 1.165) is 21.4 Å². The van der Waals surface area contributed by atoms with Crippen LogP contribution in [0.1, 0.15) is 21.9 Å². The fourth-order valence-electron chi connectivity index (χ4n) is 2.43. The van der Waals surface area contributed by atoms with E-state index in [4.69, 9.17) is 4.42 Å². The van der Waals surface area contributed by atoms with Gasteiger partial charge in [-0.15, -0.1) is 0 Å². The minimum atomic E-state index is -1.22. The fraction of sp³-hybridized carbons (Fsp3) is 0.150. The molecule has 2 aromatic carbocycles. The van der Waals surface area contributed by atoms with Gasteiger partial charge in [0.15, 0.2) is 5.76 Å². The van der Waals surface area contributed by atoms with E-state index in [9.17, 15) is 9.00 Å². The van der Waals surface area contributed by atoms with E-state index in [0.29, 0.717) is 12.3 Å². The first kappa shape index (κ1) is 18.6. The second kappa shape index (κ2) is 8.96. The molecular weight excluding hydrogens is 414 g/mol. The standard InChI is InChI=1S/C20H18BrNO3S/c21-16-6-9-18(10-7-16)26(24)14-17-8-11-19(25-17)20(23)22-13-12-15-4-2-1-3-5-15/h1-11H,12-14H2,(H,22,23). The average Bonchev–Trinajstić information content (AvgIpc) is 3.11. The molecule has 1 atom stereocenters. The second-order valence-electron chi connectivity index (χ2n) is 5.70. The van der Waals surface area contributed by atoms with Crippen molar-refractivity contribution in [1.29, 1.82) is 0 Å². The van der Waals surface area contributed by atoms with E-state index < -0.39 is 10.8 Å². The zero-order valence-corrected chi connectivity index (χ0v) is 16.4. The van der Waals surface area contributed by atoms with Gasteiger partial charge in [-0.3, -0.25) is 9.00 Å². The molecule has 0 radical (unpaired) electrons. The van der Waals surface area contributed by atoms with E-state index in [1.165, 1.54) is 0 Å². The first-order valence-electron chi connectivity index (χ1n) is 8.16. The number of furan rings is 1. The Morgan fingerprint density at radius 2 is 1.73 bits per heavy atom. The maximum absolute atomic E-state index is 12.4. The SMILES string of the molecule is O=C(NCCc1ccccc1)c1ccc(CS(=O)c2ccc(Br)cc2)o1. The van der Waals surface area contributed by atoms with Gasteiger partial charge in [0.25, 0.3) is 5.91 Å². The Labute approximate surface area is 163 Å². The normalized spacial score (nSPS) is 11.9. The molecule has 0 bridgehead atoms. The number of amides is 1. The van der Waals surface area contributed by atoms with Gasteiger partial charge in [0.2, 0.25) is 0 Å². The molecule has 0 spiro atoms. The van der Waals surface area contributed by atoms with E-state index in [-0.39, 0.29) is 17.4 Å². The predicted octanol–water partition coefficient (Wildman–Crippen LogP) is 4.32. The molecule has 0 aliphatic carbocycles. The van der Waals surface area contributed by atoms with Crippen LogP contribution in [0.15, 0.2) is 80.5 Å². The fourth-order valence-corrected chi connectivity index (χ4v) is 3.71. The smallest absolute Gasteiger partial charge is 0.287 e. The molecular formula is C20H18BrNO3S. The van der Waals surface area contributed by atoms with Crippen molar-refractivity contribution >= 4 is 32.6 Å². The monoisotopic (exact) mass is 431 g/mol. The van der Waals surface area contributed by atoms with Crippen LogP contribution in [0.4, 0.5) is 0 Å². The number of carbonyl (C=O) groups excluding carboxylic acids is 1. The van der Waals surface area contributed by atoms with Crippen molar-refractivity contribution in [2.24, 2.45) is 0 Å². The van der Waals surface area contributed by atoms with Crippen molar-refractivity contribution in [3.63, 3.8) is 0 Å². The summed E-state index contributed by atoms with van der Waals surface area (Å²) in [6.07, 6.45) is 0.758. The maximum Gasteiger partial charge on any atom is 0.287 e. The third-order valence-electron chi connectivity index (χ3n) is 3.78. The van der Waals surface area contributed by atoms with Crippen molar-refractivity contribution in [3.05, 3.63) is 88.3 Å². The number of halogens is 1. The molecule has 26 heavy (non-hydrogen) atoms. The Morgan fingerprint density at radius 3 is 2.46 bits per heavy atom. The molecule has 1 unspecified atom stereocenters. The molecule has 4 nitrogen and oxygen atoms in total. The first-order chi connectivity index (χ1) is 12.6. The number of nitrogens with one attached hydrogen (secondary N) is 1. The third kappa shape index (κ3) is 5.16. The lowest BCUT2D eigenvalue weighted by atomic mass is 10.1. The van der Waals surface area contributed by atoms with Gasteiger partial charge in [-0.2, -0.15) is 0 Å². The highest BCUT2D eigenvalue weighted by Crippen LogP contribution is 2.17. The Kier molecular flexibility index (Phi) is 6.41. The average molecular weight is 432 g/mol. The second-order valence-corrected chi connectivity index (χ2v) is 8.07. The minimum absolute atomic E-state index is 0.235. The van der Waals surface area contributed by atoms with E-state index >= 15 is 0 Å². The van der Waals surface area contributed by atoms with Crippen LogP contribution in [0.3, 0.4) is 0 Å². The van der Waals surface area contributed by atoms with Crippen LogP contribution in [0, 0.1) is 0 Å². The largest absolute Gasteiger partial charge is 0.455 e. The highest BCUT2D eigenvalue weighted by molar-refractivity contribution is 9.10. The van der Waals surface area contributed by atoms with Crippen molar-refractivity contribution < 1.29 is 13.4 Å². The van der Waals surface area contributed by atoms with Crippen molar-refractivity contribution in [2.45, 2.75) is 17.1 Å². The van der Waals surface area contributed by atoms with Gasteiger partial charge in [0, 0.05) is 15.9 Å². The number of hydrogen-bond acceptors (Lipinski definition) is 3. The zero-order chi connectivity index (χ0) is 18.4. The van der Waals surface area contributed by atoms with Gasteiger partial charge in [-0.05, 0) is 48.4 Å². The van der Waals surface area contributed by atoms with Crippen LogP contribution in [-0.4, -0.2) is 16.7 Å². The highest BCUT2D eigenvalue weighted by atomic mass is 79.9. The van der Waals surface area contributed by atoms with Gasteiger partial charge in [0.1, 0.15) is 5.76 Å². The highest BCUT2D eigenvalue weighted by Gasteiger charge is 2.13. The molecule has 0 saturated heterocycles. The third-order valence-corrected chi connectivity index (χ3v) is 5.65. The van der Waals surface area contributed by atoms with Crippen LogP contribution in [0.25, 0.3) is 0 Å². The first-order valence-corrected chi connectivity index (χ1v) is 10.3. The van der Waals surface area contributed by atoms with Gasteiger partial charge in [0.05, 0.1) is 16.6 Å². The van der Waals surface area contributed by atoms with E-state index in [1.54, 1.807) is 24.3 Å². The van der Waals surface area contributed by atoms with Crippen molar-refractivity contribution in [2.75, 3.05) is 6.54 Å². The van der Waals surface area contributed by atoms with Crippen molar-refractivity contribution in [3.8, 4) is 0 Å². The number of hydrogen-bond donors (Lipinski definition) is 1. The lowest BCUT2D eigenvalue weighted by Crippen LogP contribution is -2.25. The summed E-state index contributed by atoms with van der Waals surface area (Å²) in [6.45, 7) is 0.531. The summed E-state index contributed by atoms with van der Waals surface area (Å²) in [7, 11) is -1.22. The van der Waals surface area contributed by atoms with Crippen LogP contribution in [-0.2, 0) is 23.0 Å². The lowest BCUT2D eigenvalue weighted by Gasteiger charge is -2.03. The Bertz CT molecular complexity index is 891. The lowest BCUT2D eigenvalue weighted by molar-refractivity contribution is 0.0925. The van der Waals surface area contributed by atoms with E-state index in [2.05, 4.69) is 21.2 Å².